The summed E-state index contributed by atoms with van der Waals surface area (Å²) in [6.45, 7) is 3.94. The Morgan fingerprint density at radius 1 is 1.14 bits per heavy atom. The summed E-state index contributed by atoms with van der Waals surface area (Å²) < 4.78 is 0. The van der Waals surface area contributed by atoms with E-state index in [4.69, 9.17) is 5.73 Å². The fourth-order valence-electron chi connectivity index (χ4n) is 2.62. The lowest BCUT2D eigenvalue weighted by molar-refractivity contribution is -0.116. The average Bonchev–Trinajstić information content (AvgIpc) is 3.31. The van der Waals surface area contributed by atoms with Gasteiger partial charge in [-0.05, 0) is 37.1 Å². The third kappa shape index (κ3) is 4.52. The molecule has 7 nitrogen and oxygen atoms in total. The van der Waals surface area contributed by atoms with Crippen molar-refractivity contribution in [3.8, 4) is 11.3 Å². The molecule has 2 amide bonds. The molecule has 2 heterocycles. The number of thiazole rings is 1. The van der Waals surface area contributed by atoms with Crippen LogP contribution in [0.25, 0.3) is 11.3 Å². The van der Waals surface area contributed by atoms with Crippen LogP contribution in [0.4, 0.5) is 5.13 Å². The van der Waals surface area contributed by atoms with Crippen molar-refractivity contribution < 1.29 is 14.4 Å². The van der Waals surface area contributed by atoms with E-state index in [1.807, 2.05) is 26.0 Å². The molecular weight excluding hydrogens is 376 g/mol. The third-order valence-electron chi connectivity index (χ3n) is 4.40. The zero-order valence-corrected chi connectivity index (χ0v) is 16.4. The highest BCUT2D eigenvalue weighted by atomic mass is 32.1. The number of aromatic nitrogens is 2. The number of hydrogen-bond donors (Lipinski definition) is 3. The Morgan fingerprint density at radius 3 is 2.61 bits per heavy atom. The van der Waals surface area contributed by atoms with E-state index in [-0.39, 0.29) is 24.5 Å². The number of Topliss-reactive ketones (excluding diaryl/α,β-unsaturated/α-hetero) is 1. The summed E-state index contributed by atoms with van der Waals surface area (Å²) in [6.07, 6.45) is 1.84. The lowest BCUT2D eigenvalue weighted by Gasteiger charge is -2.05. The number of ketones is 1. The molecule has 4 N–H and O–H groups in total. The standard InChI is InChI=1S/C20H20N4O3S/c1-11-3-4-13(7-12(11)2)17(25)5-6-18(26)24-20-23-16(10-28-20)14-8-15(19(21)27)22-9-14/h3-4,7-10,22H,5-6H2,1-2H3,(H2,21,27)(H,23,24,26). The first-order valence-electron chi connectivity index (χ1n) is 8.68. The summed E-state index contributed by atoms with van der Waals surface area (Å²) in [4.78, 5) is 42.7. The lowest BCUT2D eigenvalue weighted by Crippen LogP contribution is -2.13. The number of amides is 2. The second-order valence-electron chi connectivity index (χ2n) is 6.47. The van der Waals surface area contributed by atoms with E-state index in [1.54, 1.807) is 23.7 Å². The van der Waals surface area contributed by atoms with E-state index >= 15 is 0 Å². The fraction of sp³-hybridized carbons (Fsp3) is 0.200. The molecule has 1 aromatic carbocycles. The van der Waals surface area contributed by atoms with Crippen LogP contribution in [0.3, 0.4) is 0 Å². The number of benzene rings is 1. The first-order valence-corrected chi connectivity index (χ1v) is 9.56. The number of carbonyl (C=O) groups is 3. The Labute approximate surface area is 166 Å². The van der Waals surface area contributed by atoms with Crippen LogP contribution in [0, 0.1) is 13.8 Å². The Morgan fingerprint density at radius 2 is 1.93 bits per heavy atom. The molecule has 0 saturated carbocycles. The van der Waals surface area contributed by atoms with Crippen molar-refractivity contribution in [2.45, 2.75) is 26.7 Å². The van der Waals surface area contributed by atoms with Gasteiger partial charge >= 0.3 is 0 Å². The molecule has 3 rings (SSSR count). The van der Waals surface area contributed by atoms with Gasteiger partial charge in [-0.3, -0.25) is 14.4 Å². The van der Waals surface area contributed by atoms with Gasteiger partial charge in [-0.15, -0.1) is 11.3 Å². The smallest absolute Gasteiger partial charge is 0.265 e. The maximum atomic E-state index is 12.3. The highest BCUT2D eigenvalue weighted by Gasteiger charge is 2.13. The third-order valence-corrected chi connectivity index (χ3v) is 5.16. The van der Waals surface area contributed by atoms with E-state index in [9.17, 15) is 14.4 Å². The molecule has 3 aromatic rings. The van der Waals surface area contributed by atoms with Crippen LogP contribution in [0.15, 0.2) is 35.8 Å². The van der Waals surface area contributed by atoms with E-state index in [1.165, 1.54) is 11.3 Å². The van der Waals surface area contributed by atoms with Gasteiger partial charge in [-0.1, -0.05) is 12.1 Å². The minimum atomic E-state index is -0.552. The first-order chi connectivity index (χ1) is 13.3. The molecule has 144 valence electrons. The highest BCUT2D eigenvalue weighted by molar-refractivity contribution is 7.14. The van der Waals surface area contributed by atoms with Crippen LogP contribution in [-0.2, 0) is 4.79 Å². The number of nitrogens with one attached hydrogen (secondary N) is 2. The van der Waals surface area contributed by atoms with E-state index in [2.05, 4.69) is 15.3 Å². The molecule has 0 fully saturated rings. The first kappa shape index (κ1) is 19.5. The molecule has 0 aliphatic heterocycles. The van der Waals surface area contributed by atoms with Crippen molar-refractivity contribution in [2.75, 3.05) is 5.32 Å². The number of H-pyrrole nitrogens is 1. The van der Waals surface area contributed by atoms with Crippen LogP contribution in [-0.4, -0.2) is 27.6 Å². The van der Waals surface area contributed by atoms with Crippen LogP contribution in [0.1, 0.15) is 44.8 Å². The quantitative estimate of drug-likeness (QED) is 0.530. The Balaban J connectivity index is 1.56. The fourth-order valence-corrected chi connectivity index (χ4v) is 3.35. The largest absolute Gasteiger partial charge is 0.364 e. The number of rotatable bonds is 7. The molecule has 0 bridgehead atoms. The van der Waals surface area contributed by atoms with Gasteiger partial charge in [-0.25, -0.2) is 4.98 Å². The summed E-state index contributed by atoms with van der Waals surface area (Å²) in [5, 5.41) is 4.90. The molecular formula is C20H20N4O3S. The minimum absolute atomic E-state index is 0.0654. The molecule has 2 aromatic heterocycles. The van der Waals surface area contributed by atoms with E-state index in [0.717, 1.165) is 11.1 Å². The van der Waals surface area contributed by atoms with Crippen molar-refractivity contribution in [3.05, 3.63) is 58.2 Å². The van der Waals surface area contributed by atoms with Crippen molar-refractivity contribution in [3.63, 3.8) is 0 Å². The summed E-state index contributed by atoms with van der Waals surface area (Å²) in [5.41, 5.74) is 9.62. The summed E-state index contributed by atoms with van der Waals surface area (Å²) >= 11 is 1.27. The Kier molecular flexibility index (Phi) is 5.70. The summed E-state index contributed by atoms with van der Waals surface area (Å²) in [7, 11) is 0. The van der Waals surface area contributed by atoms with Gasteiger partial charge in [-0.2, -0.15) is 0 Å². The molecule has 0 aliphatic carbocycles. The molecule has 28 heavy (non-hydrogen) atoms. The molecule has 0 spiro atoms. The molecule has 0 atom stereocenters. The number of aromatic amines is 1. The predicted octanol–water partition coefficient (Wildman–Crippen LogP) is 3.46. The van der Waals surface area contributed by atoms with Gasteiger partial charge < -0.3 is 16.0 Å². The van der Waals surface area contributed by atoms with Crippen molar-refractivity contribution in [1.82, 2.24) is 9.97 Å². The van der Waals surface area contributed by atoms with Gasteiger partial charge in [0.25, 0.3) is 5.91 Å². The topological polar surface area (TPSA) is 118 Å². The number of nitrogens with two attached hydrogens (primary N) is 1. The van der Waals surface area contributed by atoms with Crippen molar-refractivity contribution >= 4 is 34.1 Å². The Hall–Kier alpha value is -3.26. The zero-order valence-electron chi connectivity index (χ0n) is 15.5. The van der Waals surface area contributed by atoms with Gasteiger partial charge in [0.15, 0.2) is 10.9 Å². The summed E-state index contributed by atoms with van der Waals surface area (Å²) in [5.74, 6) is -0.891. The molecule has 0 aliphatic rings. The SMILES string of the molecule is Cc1ccc(C(=O)CCC(=O)Nc2nc(-c3c[nH]c(C(N)=O)c3)cs2)cc1C. The van der Waals surface area contributed by atoms with Crippen molar-refractivity contribution in [1.29, 1.82) is 0 Å². The number of carbonyl (C=O) groups excluding carboxylic acids is 3. The molecule has 0 unspecified atom stereocenters. The average molecular weight is 396 g/mol. The zero-order chi connectivity index (χ0) is 20.3. The molecule has 8 heteroatoms. The van der Waals surface area contributed by atoms with Crippen LogP contribution in [0.5, 0.6) is 0 Å². The monoisotopic (exact) mass is 396 g/mol. The normalized spacial score (nSPS) is 10.6. The van der Waals surface area contributed by atoms with Crippen molar-refractivity contribution in [2.24, 2.45) is 5.73 Å². The predicted molar refractivity (Wildman–Crippen MR) is 109 cm³/mol. The van der Waals surface area contributed by atoms with Crippen LogP contribution >= 0.6 is 11.3 Å². The van der Waals surface area contributed by atoms with Crippen LogP contribution in [0.2, 0.25) is 0 Å². The van der Waals surface area contributed by atoms with E-state index < -0.39 is 5.91 Å². The molecule has 0 radical (unpaired) electrons. The minimum Gasteiger partial charge on any atom is -0.364 e. The number of primary amides is 1. The van der Waals surface area contributed by atoms with Gasteiger partial charge in [0.1, 0.15) is 5.69 Å². The number of aryl methyl sites for hydroxylation is 2. The molecule has 0 saturated heterocycles. The van der Waals surface area contributed by atoms with Gasteiger partial charge in [0, 0.05) is 35.5 Å². The maximum absolute atomic E-state index is 12.3. The highest BCUT2D eigenvalue weighted by Crippen LogP contribution is 2.25. The second kappa shape index (κ2) is 8.18. The van der Waals surface area contributed by atoms with Crippen LogP contribution < -0.4 is 11.1 Å². The number of hydrogen-bond acceptors (Lipinski definition) is 5. The summed E-state index contributed by atoms with van der Waals surface area (Å²) in [6, 6.07) is 7.14. The number of nitrogens with zero attached hydrogens (tertiary/aromatic N) is 1. The second-order valence-corrected chi connectivity index (χ2v) is 7.33. The van der Waals surface area contributed by atoms with Gasteiger partial charge in [0.05, 0.1) is 5.69 Å². The lowest BCUT2D eigenvalue weighted by atomic mass is 10.0. The van der Waals surface area contributed by atoms with E-state index in [0.29, 0.717) is 27.6 Å². The Bertz CT molecular complexity index is 1050. The number of anilines is 1. The maximum Gasteiger partial charge on any atom is 0.265 e. The van der Waals surface area contributed by atoms with Gasteiger partial charge in [0.2, 0.25) is 5.91 Å².